The Morgan fingerprint density at radius 1 is 1.38 bits per heavy atom. The van der Waals surface area contributed by atoms with E-state index in [4.69, 9.17) is 4.74 Å². The predicted octanol–water partition coefficient (Wildman–Crippen LogP) is 2.23. The zero-order valence-corrected chi connectivity index (χ0v) is 17.6. The van der Waals surface area contributed by atoms with Crippen LogP contribution in [-0.4, -0.2) is 47.0 Å². The van der Waals surface area contributed by atoms with Gasteiger partial charge in [0.15, 0.2) is 5.96 Å². The van der Waals surface area contributed by atoms with Gasteiger partial charge in [-0.25, -0.2) is 4.39 Å². The van der Waals surface area contributed by atoms with Crippen molar-refractivity contribution in [3.05, 3.63) is 42.2 Å². The zero-order chi connectivity index (χ0) is 18.1. The number of aromatic nitrogens is 3. The number of guanidine groups is 1. The van der Waals surface area contributed by atoms with E-state index in [0.29, 0.717) is 24.8 Å². The van der Waals surface area contributed by atoms with E-state index < -0.39 is 0 Å². The number of halogens is 2. The van der Waals surface area contributed by atoms with Gasteiger partial charge in [-0.05, 0) is 19.1 Å². The fraction of sp³-hybridized carbons (Fsp3) is 0.471. The summed E-state index contributed by atoms with van der Waals surface area (Å²) < 4.78 is 20.8. The van der Waals surface area contributed by atoms with Crippen molar-refractivity contribution in [2.45, 2.75) is 32.9 Å². The quantitative estimate of drug-likeness (QED) is 0.347. The molecule has 2 N–H and O–H groups in total. The Morgan fingerprint density at radius 3 is 2.88 bits per heavy atom. The van der Waals surface area contributed by atoms with E-state index in [1.165, 1.54) is 12.1 Å². The van der Waals surface area contributed by atoms with Gasteiger partial charge in [-0.15, -0.1) is 34.2 Å². The highest BCUT2D eigenvalue weighted by atomic mass is 127. The van der Waals surface area contributed by atoms with Crippen molar-refractivity contribution in [2.24, 2.45) is 4.99 Å². The fourth-order valence-corrected chi connectivity index (χ4v) is 2.31. The largest absolute Gasteiger partial charge is 0.489 e. The molecule has 26 heavy (non-hydrogen) atoms. The van der Waals surface area contributed by atoms with Gasteiger partial charge in [0.1, 0.15) is 29.8 Å². The third-order valence-corrected chi connectivity index (χ3v) is 3.57. The van der Waals surface area contributed by atoms with Crippen LogP contribution in [0.3, 0.4) is 0 Å². The van der Waals surface area contributed by atoms with Crippen molar-refractivity contribution in [1.29, 1.82) is 0 Å². The lowest BCUT2D eigenvalue weighted by Gasteiger charge is -2.18. The van der Waals surface area contributed by atoms with Gasteiger partial charge in [0, 0.05) is 32.6 Å². The van der Waals surface area contributed by atoms with Crippen LogP contribution in [0.5, 0.6) is 5.75 Å². The molecule has 9 heteroatoms. The maximum Gasteiger partial charge on any atom is 0.191 e. The fourth-order valence-electron chi connectivity index (χ4n) is 2.31. The van der Waals surface area contributed by atoms with Gasteiger partial charge < -0.3 is 19.9 Å². The lowest BCUT2D eigenvalue weighted by atomic mass is 10.3. The predicted molar refractivity (Wildman–Crippen MR) is 111 cm³/mol. The minimum atomic E-state index is -0.310. The van der Waals surface area contributed by atoms with E-state index >= 15 is 0 Å². The minimum Gasteiger partial charge on any atom is -0.489 e. The molecule has 1 atom stereocenters. The molecule has 0 aliphatic heterocycles. The van der Waals surface area contributed by atoms with Crippen LogP contribution >= 0.6 is 24.0 Å². The first-order valence-electron chi connectivity index (χ1n) is 8.35. The van der Waals surface area contributed by atoms with Gasteiger partial charge >= 0.3 is 0 Å². The van der Waals surface area contributed by atoms with Gasteiger partial charge in [0.2, 0.25) is 0 Å². The smallest absolute Gasteiger partial charge is 0.191 e. The standard InChI is InChI=1S/C17H25FN6O.HI/c1-4-16-23-22-12-24(16)9-8-20-17(19-3)21-11-13(2)25-15-7-5-6-14(18)10-15;/h5-7,10,12-13H,4,8-9,11H2,1-3H3,(H2,19,20,21);1H. The summed E-state index contributed by atoms with van der Waals surface area (Å²) in [6.45, 7) is 5.96. The summed E-state index contributed by atoms with van der Waals surface area (Å²) in [5, 5.41) is 14.4. The molecule has 144 valence electrons. The van der Waals surface area contributed by atoms with E-state index in [-0.39, 0.29) is 35.9 Å². The molecule has 0 bridgehead atoms. The van der Waals surface area contributed by atoms with E-state index in [1.807, 2.05) is 11.5 Å². The summed E-state index contributed by atoms with van der Waals surface area (Å²) in [6, 6.07) is 6.12. The zero-order valence-electron chi connectivity index (χ0n) is 15.3. The van der Waals surface area contributed by atoms with Crippen LogP contribution < -0.4 is 15.4 Å². The molecule has 1 aromatic heterocycles. The number of nitrogens with one attached hydrogen (secondary N) is 2. The average molecular weight is 476 g/mol. The maximum atomic E-state index is 13.2. The molecule has 0 saturated heterocycles. The van der Waals surface area contributed by atoms with E-state index in [1.54, 1.807) is 25.5 Å². The number of benzene rings is 1. The van der Waals surface area contributed by atoms with Crippen molar-refractivity contribution in [2.75, 3.05) is 20.1 Å². The molecule has 1 aromatic carbocycles. The molecule has 1 unspecified atom stereocenters. The molecule has 0 fully saturated rings. The number of hydrogen-bond donors (Lipinski definition) is 2. The maximum absolute atomic E-state index is 13.2. The van der Waals surface area contributed by atoms with Crippen LogP contribution in [0.15, 0.2) is 35.6 Å². The summed E-state index contributed by atoms with van der Waals surface area (Å²) in [6.07, 6.45) is 2.44. The lowest BCUT2D eigenvalue weighted by molar-refractivity contribution is 0.223. The number of hydrogen-bond acceptors (Lipinski definition) is 4. The second kappa shape index (κ2) is 11.7. The number of aliphatic imine (C=N–C) groups is 1. The van der Waals surface area contributed by atoms with Crippen LogP contribution in [0.1, 0.15) is 19.7 Å². The average Bonchev–Trinajstić information content (AvgIpc) is 3.05. The van der Waals surface area contributed by atoms with Gasteiger partial charge in [0.25, 0.3) is 0 Å². The summed E-state index contributed by atoms with van der Waals surface area (Å²) in [4.78, 5) is 4.18. The Labute approximate surface area is 170 Å². The van der Waals surface area contributed by atoms with E-state index in [9.17, 15) is 4.39 Å². The number of aryl methyl sites for hydroxylation is 1. The summed E-state index contributed by atoms with van der Waals surface area (Å²) in [7, 11) is 1.71. The molecule has 0 aliphatic rings. The van der Waals surface area contributed by atoms with E-state index in [2.05, 4.69) is 32.7 Å². The molecule has 0 saturated carbocycles. The van der Waals surface area contributed by atoms with Gasteiger partial charge in [-0.3, -0.25) is 4.99 Å². The monoisotopic (exact) mass is 476 g/mol. The minimum absolute atomic E-state index is 0. The number of nitrogens with zero attached hydrogens (tertiary/aromatic N) is 4. The summed E-state index contributed by atoms with van der Waals surface area (Å²) in [5.41, 5.74) is 0. The number of ether oxygens (including phenoxy) is 1. The lowest BCUT2D eigenvalue weighted by Crippen LogP contribution is -2.42. The molecular formula is C17H26FIN6O. The van der Waals surface area contributed by atoms with Crippen molar-refractivity contribution in [1.82, 2.24) is 25.4 Å². The molecule has 0 aliphatic carbocycles. The Hall–Kier alpha value is -1.91. The van der Waals surface area contributed by atoms with Crippen molar-refractivity contribution < 1.29 is 9.13 Å². The first kappa shape index (κ1) is 22.1. The Morgan fingerprint density at radius 2 is 2.19 bits per heavy atom. The van der Waals surface area contributed by atoms with Gasteiger partial charge in [-0.1, -0.05) is 13.0 Å². The summed E-state index contributed by atoms with van der Waals surface area (Å²) >= 11 is 0. The molecule has 0 amide bonds. The van der Waals surface area contributed by atoms with Crippen LogP contribution in [0.4, 0.5) is 4.39 Å². The normalized spacial score (nSPS) is 12.2. The molecule has 1 heterocycles. The summed E-state index contributed by atoms with van der Waals surface area (Å²) in [5.74, 6) is 1.84. The van der Waals surface area contributed by atoms with Crippen LogP contribution in [-0.2, 0) is 13.0 Å². The highest BCUT2D eigenvalue weighted by Gasteiger charge is 2.07. The van der Waals surface area contributed by atoms with E-state index in [0.717, 1.165) is 18.8 Å². The third-order valence-electron chi connectivity index (χ3n) is 3.57. The third kappa shape index (κ3) is 7.14. The Kier molecular flexibility index (Phi) is 9.92. The topological polar surface area (TPSA) is 76.4 Å². The number of rotatable bonds is 8. The van der Waals surface area contributed by atoms with Crippen LogP contribution in [0.2, 0.25) is 0 Å². The first-order valence-corrected chi connectivity index (χ1v) is 8.35. The molecule has 0 radical (unpaired) electrons. The second-order valence-corrected chi connectivity index (χ2v) is 5.56. The second-order valence-electron chi connectivity index (χ2n) is 5.56. The molecular weight excluding hydrogens is 450 g/mol. The van der Waals surface area contributed by atoms with Crippen molar-refractivity contribution in [3.63, 3.8) is 0 Å². The Bertz CT molecular complexity index is 693. The Balaban J connectivity index is 0.00000338. The van der Waals surface area contributed by atoms with Gasteiger partial charge in [0.05, 0.1) is 6.54 Å². The van der Waals surface area contributed by atoms with Gasteiger partial charge in [-0.2, -0.15) is 0 Å². The SMILES string of the molecule is CCc1nncn1CCNC(=NC)NCC(C)Oc1cccc(F)c1.I. The molecule has 2 aromatic rings. The van der Waals surface area contributed by atoms with Crippen LogP contribution in [0.25, 0.3) is 0 Å². The van der Waals surface area contributed by atoms with Crippen molar-refractivity contribution in [3.8, 4) is 5.75 Å². The molecule has 7 nitrogen and oxygen atoms in total. The first-order chi connectivity index (χ1) is 12.1. The molecule has 2 rings (SSSR count). The highest BCUT2D eigenvalue weighted by molar-refractivity contribution is 14.0. The molecule has 0 spiro atoms. The van der Waals surface area contributed by atoms with Crippen molar-refractivity contribution >= 4 is 29.9 Å². The highest BCUT2D eigenvalue weighted by Crippen LogP contribution is 2.13. The van der Waals surface area contributed by atoms with Crippen LogP contribution in [0, 0.1) is 5.82 Å².